The van der Waals surface area contributed by atoms with Gasteiger partial charge in [0.05, 0.1) is 0 Å². The van der Waals surface area contributed by atoms with E-state index in [9.17, 15) is 9.59 Å². The maximum atomic E-state index is 13.4. The summed E-state index contributed by atoms with van der Waals surface area (Å²) in [5.74, 6) is 0.0774. The molecule has 5 nitrogen and oxygen atoms in total. The van der Waals surface area contributed by atoms with Gasteiger partial charge < -0.3 is 9.84 Å². The number of hydrogen-bond donors (Lipinski definition) is 1. The van der Waals surface area contributed by atoms with Crippen LogP contribution in [-0.4, -0.2) is 37.8 Å². The number of benzene rings is 1. The lowest BCUT2D eigenvalue weighted by Gasteiger charge is -2.43. The van der Waals surface area contributed by atoms with Gasteiger partial charge in [0.25, 0.3) is 0 Å². The maximum Gasteiger partial charge on any atom is 0.245 e. The van der Waals surface area contributed by atoms with E-state index in [0.29, 0.717) is 18.9 Å². The first-order valence-electron chi connectivity index (χ1n) is 12.6. The van der Waals surface area contributed by atoms with Gasteiger partial charge in [0.1, 0.15) is 6.04 Å². The standard InChI is InChI=1S/C27H48N2O3Si/c1-21(2)20-28-26(31)25(22(3)4)29(32-33(8,9)27(5,6)7)24(30)19-15-11-14-18-23-16-12-10-13-17-23/h10,12-13,16-17,21-22,25H,11,14-15,18-20H2,1-9H3,(H,28,31). The van der Waals surface area contributed by atoms with Gasteiger partial charge in [-0.2, -0.15) is 0 Å². The van der Waals surface area contributed by atoms with E-state index in [1.54, 1.807) is 0 Å². The Morgan fingerprint density at radius 3 is 2.12 bits per heavy atom. The number of hydroxylamine groups is 2. The van der Waals surface area contributed by atoms with Gasteiger partial charge in [-0.15, -0.1) is 0 Å². The van der Waals surface area contributed by atoms with E-state index in [0.717, 1.165) is 25.7 Å². The highest BCUT2D eigenvalue weighted by Crippen LogP contribution is 2.38. The molecule has 1 aromatic carbocycles. The molecule has 0 saturated heterocycles. The van der Waals surface area contributed by atoms with Crippen LogP contribution in [0.2, 0.25) is 18.1 Å². The van der Waals surface area contributed by atoms with Crippen molar-refractivity contribution in [3.05, 3.63) is 35.9 Å². The number of rotatable bonds is 13. The monoisotopic (exact) mass is 476 g/mol. The molecule has 0 aromatic heterocycles. The molecule has 0 fully saturated rings. The second-order valence-electron chi connectivity index (χ2n) is 11.4. The van der Waals surface area contributed by atoms with Crippen molar-refractivity contribution in [3.63, 3.8) is 0 Å². The topological polar surface area (TPSA) is 58.6 Å². The molecule has 0 radical (unpaired) electrons. The molecular formula is C27H48N2O3Si. The fourth-order valence-electron chi connectivity index (χ4n) is 3.27. The molecule has 0 spiro atoms. The van der Waals surface area contributed by atoms with Crippen LogP contribution in [0.4, 0.5) is 0 Å². The first-order valence-corrected chi connectivity index (χ1v) is 15.5. The van der Waals surface area contributed by atoms with Crippen LogP contribution in [-0.2, 0) is 20.5 Å². The highest BCUT2D eigenvalue weighted by molar-refractivity contribution is 6.74. The zero-order chi connectivity index (χ0) is 25.2. The summed E-state index contributed by atoms with van der Waals surface area (Å²) < 4.78 is 6.50. The van der Waals surface area contributed by atoms with Gasteiger partial charge in [-0.25, -0.2) is 5.06 Å². The quantitative estimate of drug-likeness (QED) is 0.205. The highest BCUT2D eigenvalue weighted by atomic mass is 28.4. The lowest BCUT2D eigenvalue weighted by atomic mass is 10.0. The number of nitrogens with zero attached hydrogens (tertiary/aromatic N) is 1. The highest BCUT2D eigenvalue weighted by Gasteiger charge is 2.44. The lowest BCUT2D eigenvalue weighted by Crippen LogP contribution is -2.57. The van der Waals surface area contributed by atoms with Gasteiger partial charge in [-0.3, -0.25) is 9.59 Å². The molecule has 2 amide bonds. The maximum absolute atomic E-state index is 13.4. The Labute approximate surface area is 203 Å². The first kappa shape index (κ1) is 29.4. The summed E-state index contributed by atoms with van der Waals surface area (Å²) in [6.45, 7) is 19.4. The number of hydrogen-bond acceptors (Lipinski definition) is 3. The normalized spacial score (nSPS) is 13.3. The Morgan fingerprint density at radius 2 is 1.61 bits per heavy atom. The number of amides is 2. The molecule has 0 aliphatic carbocycles. The molecule has 0 heterocycles. The molecule has 1 rings (SSSR count). The van der Waals surface area contributed by atoms with Crippen LogP contribution < -0.4 is 5.32 Å². The van der Waals surface area contributed by atoms with E-state index < -0.39 is 14.4 Å². The minimum atomic E-state index is -2.30. The van der Waals surface area contributed by atoms with Crippen molar-refractivity contribution in [2.24, 2.45) is 11.8 Å². The minimum absolute atomic E-state index is 0.0519. The fourth-order valence-corrected chi connectivity index (χ4v) is 4.25. The molecule has 1 atom stereocenters. The van der Waals surface area contributed by atoms with E-state index in [1.807, 2.05) is 19.9 Å². The summed E-state index contributed by atoms with van der Waals surface area (Å²) in [6, 6.07) is 9.80. The van der Waals surface area contributed by atoms with Crippen LogP contribution >= 0.6 is 0 Å². The number of carbonyl (C=O) groups excluding carboxylic acids is 2. The van der Waals surface area contributed by atoms with E-state index in [2.05, 4.69) is 77.3 Å². The molecule has 1 N–H and O–H groups in total. The van der Waals surface area contributed by atoms with Crippen molar-refractivity contribution in [1.82, 2.24) is 10.4 Å². The smallest absolute Gasteiger partial charge is 0.245 e. The van der Waals surface area contributed by atoms with Gasteiger partial charge in [-0.1, -0.05) is 85.2 Å². The zero-order valence-corrected chi connectivity index (χ0v) is 23.5. The molecule has 6 heteroatoms. The Balaban J connectivity index is 2.90. The van der Waals surface area contributed by atoms with Crippen molar-refractivity contribution in [2.75, 3.05) is 6.54 Å². The second-order valence-corrected chi connectivity index (χ2v) is 16.1. The number of unbranched alkanes of at least 4 members (excludes halogenated alkanes) is 2. The van der Waals surface area contributed by atoms with E-state index in [-0.39, 0.29) is 22.8 Å². The summed E-state index contributed by atoms with van der Waals surface area (Å²) in [6.07, 6.45) is 4.22. The average molecular weight is 477 g/mol. The molecule has 33 heavy (non-hydrogen) atoms. The van der Waals surface area contributed by atoms with Crippen LogP contribution in [0.25, 0.3) is 0 Å². The van der Waals surface area contributed by atoms with Gasteiger partial charge >= 0.3 is 0 Å². The molecule has 188 valence electrons. The molecule has 0 bridgehead atoms. The average Bonchev–Trinajstić information content (AvgIpc) is 2.70. The first-order chi connectivity index (χ1) is 15.3. The molecule has 0 saturated carbocycles. The van der Waals surface area contributed by atoms with Crippen molar-refractivity contribution in [3.8, 4) is 0 Å². The number of carbonyl (C=O) groups is 2. The minimum Gasteiger partial charge on any atom is -0.354 e. The van der Waals surface area contributed by atoms with Crippen LogP contribution in [0.1, 0.15) is 79.7 Å². The van der Waals surface area contributed by atoms with E-state index in [1.165, 1.54) is 10.6 Å². The molecule has 1 aromatic rings. The van der Waals surface area contributed by atoms with E-state index >= 15 is 0 Å². The SMILES string of the molecule is CC(C)CNC(=O)C(C(C)C)N(O[Si](C)(C)C(C)(C)C)C(=O)CCCCCc1ccccc1. The molecule has 0 aliphatic heterocycles. The van der Waals surface area contributed by atoms with Crippen LogP contribution in [0, 0.1) is 11.8 Å². The molecule has 1 unspecified atom stereocenters. The lowest BCUT2D eigenvalue weighted by molar-refractivity contribution is -0.178. The third-order valence-corrected chi connectivity index (χ3v) is 10.7. The fraction of sp³-hybridized carbons (Fsp3) is 0.704. The third-order valence-electron chi connectivity index (χ3n) is 6.41. The number of nitrogens with one attached hydrogen (secondary N) is 1. The predicted octanol–water partition coefficient (Wildman–Crippen LogP) is 6.35. The van der Waals surface area contributed by atoms with Gasteiger partial charge in [0.15, 0.2) is 0 Å². The van der Waals surface area contributed by atoms with Gasteiger partial charge in [-0.05, 0) is 54.8 Å². The molecule has 0 aliphatic rings. The predicted molar refractivity (Wildman–Crippen MR) is 140 cm³/mol. The summed E-state index contributed by atoms with van der Waals surface area (Å²) in [5.41, 5.74) is 1.33. The van der Waals surface area contributed by atoms with Crippen LogP contribution in [0.15, 0.2) is 30.3 Å². The van der Waals surface area contributed by atoms with E-state index in [4.69, 9.17) is 4.53 Å². The third kappa shape index (κ3) is 10.0. The number of aryl methyl sites for hydroxylation is 1. The Kier molecular flexibility index (Phi) is 11.8. The summed E-state index contributed by atoms with van der Waals surface area (Å²) in [5, 5.41) is 4.40. The van der Waals surface area contributed by atoms with Crippen LogP contribution in [0.3, 0.4) is 0 Å². The summed E-state index contributed by atoms with van der Waals surface area (Å²) >= 11 is 0. The second kappa shape index (κ2) is 13.3. The summed E-state index contributed by atoms with van der Waals surface area (Å²) in [4.78, 5) is 26.5. The van der Waals surface area contributed by atoms with Gasteiger partial charge in [0.2, 0.25) is 20.1 Å². The zero-order valence-electron chi connectivity index (χ0n) is 22.5. The Hall–Kier alpha value is -1.66. The van der Waals surface area contributed by atoms with Crippen molar-refractivity contribution < 1.29 is 14.1 Å². The summed E-state index contributed by atoms with van der Waals surface area (Å²) in [7, 11) is -2.30. The molecular weight excluding hydrogens is 428 g/mol. The van der Waals surface area contributed by atoms with Crippen molar-refractivity contribution in [1.29, 1.82) is 0 Å². The van der Waals surface area contributed by atoms with Crippen molar-refractivity contribution >= 4 is 20.1 Å². The largest absolute Gasteiger partial charge is 0.354 e. The van der Waals surface area contributed by atoms with Crippen molar-refractivity contribution in [2.45, 2.75) is 105 Å². The Morgan fingerprint density at radius 1 is 1.00 bits per heavy atom. The van der Waals surface area contributed by atoms with Gasteiger partial charge in [0, 0.05) is 13.0 Å². The van der Waals surface area contributed by atoms with Crippen LogP contribution in [0.5, 0.6) is 0 Å². The Bertz CT molecular complexity index is 727.